The number of nitrogens with two attached hydrogens (primary N) is 1. The molecule has 0 spiro atoms. The maximum absolute atomic E-state index is 12.0. The molecule has 2 aromatic rings. The molecule has 1 aliphatic heterocycles. The Bertz CT molecular complexity index is 913. The molecule has 2 aromatic carbocycles. The van der Waals surface area contributed by atoms with E-state index in [-0.39, 0.29) is 16.9 Å². The lowest BCUT2D eigenvalue weighted by Crippen LogP contribution is -2.49. The van der Waals surface area contributed by atoms with E-state index in [4.69, 9.17) is 17.4 Å². The van der Waals surface area contributed by atoms with Gasteiger partial charge in [-0.15, -0.1) is 0 Å². The minimum Gasteiger partial charge on any atom is -0.493 e. The number of benzene rings is 2. The number of nitrogen functional groups attached to an aromatic ring is 1. The highest BCUT2D eigenvalue weighted by atomic mass is 35.5. The Labute approximate surface area is 176 Å². The quantitative estimate of drug-likeness (QED) is 0.236. The van der Waals surface area contributed by atoms with E-state index in [9.17, 15) is 9.90 Å². The number of amides is 1. The van der Waals surface area contributed by atoms with E-state index < -0.39 is 5.66 Å². The van der Waals surface area contributed by atoms with Crippen molar-refractivity contribution in [2.45, 2.75) is 45.3 Å². The molecule has 6 nitrogen and oxygen atoms in total. The zero-order chi connectivity index (χ0) is 21.0. The van der Waals surface area contributed by atoms with Crippen LogP contribution < -0.4 is 16.6 Å². The summed E-state index contributed by atoms with van der Waals surface area (Å²) in [6.07, 6.45) is 2.95. The third-order valence-corrected chi connectivity index (χ3v) is 5.62. The van der Waals surface area contributed by atoms with Gasteiger partial charge in [-0.05, 0) is 42.5 Å². The second-order valence-electron chi connectivity index (χ2n) is 7.44. The average molecular weight is 415 g/mol. The Morgan fingerprint density at radius 2 is 1.93 bits per heavy atom. The van der Waals surface area contributed by atoms with Gasteiger partial charge in [0.2, 0.25) is 5.88 Å². The van der Waals surface area contributed by atoms with Crippen molar-refractivity contribution in [2.75, 3.05) is 0 Å². The SMILES string of the molecule is CCCCC1(C)NC(Cl)=C(O)N1Cc1ccc(-c2ccccc2C(=O)NN)cc1. The fourth-order valence-electron chi connectivity index (χ4n) is 3.66. The normalized spacial score (nSPS) is 18.7. The minimum absolute atomic E-state index is 0.0688. The molecule has 29 heavy (non-hydrogen) atoms. The van der Waals surface area contributed by atoms with Crippen LogP contribution in [-0.4, -0.2) is 21.6 Å². The van der Waals surface area contributed by atoms with Gasteiger partial charge in [0, 0.05) is 12.1 Å². The summed E-state index contributed by atoms with van der Waals surface area (Å²) in [5.41, 5.74) is 5.03. The molecule has 0 fully saturated rings. The van der Waals surface area contributed by atoms with Gasteiger partial charge in [0.05, 0.1) is 0 Å². The molecule has 0 saturated heterocycles. The van der Waals surface area contributed by atoms with Crippen LogP contribution >= 0.6 is 11.6 Å². The van der Waals surface area contributed by atoms with Crippen LogP contribution in [0.5, 0.6) is 0 Å². The smallest absolute Gasteiger partial charge is 0.265 e. The number of aliphatic hydroxyl groups excluding tert-OH is 1. The average Bonchev–Trinajstić information content (AvgIpc) is 2.95. The second kappa shape index (κ2) is 8.76. The van der Waals surface area contributed by atoms with E-state index >= 15 is 0 Å². The fraction of sp³-hybridized carbons (Fsp3) is 0.318. The van der Waals surface area contributed by atoms with Crippen molar-refractivity contribution in [3.8, 4) is 11.1 Å². The van der Waals surface area contributed by atoms with Gasteiger partial charge in [-0.3, -0.25) is 10.2 Å². The van der Waals surface area contributed by atoms with Crippen LogP contribution in [0.4, 0.5) is 0 Å². The van der Waals surface area contributed by atoms with Gasteiger partial charge in [-0.2, -0.15) is 0 Å². The summed E-state index contributed by atoms with van der Waals surface area (Å²) in [6, 6.07) is 15.2. The Morgan fingerprint density at radius 1 is 1.24 bits per heavy atom. The number of nitrogens with one attached hydrogen (secondary N) is 2. The molecule has 1 unspecified atom stereocenters. The minimum atomic E-state index is -0.429. The van der Waals surface area contributed by atoms with Crippen LogP contribution in [0.3, 0.4) is 0 Å². The van der Waals surface area contributed by atoms with Gasteiger partial charge in [0.15, 0.2) is 5.16 Å². The van der Waals surface area contributed by atoms with Gasteiger partial charge >= 0.3 is 0 Å². The Balaban J connectivity index is 1.83. The lowest BCUT2D eigenvalue weighted by atomic mass is 9.98. The summed E-state index contributed by atoms with van der Waals surface area (Å²) in [5.74, 6) is 5.04. The molecule has 0 aromatic heterocycles. The van der Waals surface area contributed by atoms with Crippen molar-refractivity contribution >= 4 is 17.5 Å². The molecule has 0 radical (unpaired) electrons. The van der Waals surface area contributed by atoms with Crippen molar-refractivity contribution < 1.29 is 9.90 Å². The van der Waals surface area contributed by atoms with E-state index in [2.05, 4.69) is 17.7 Å². The Morgan fingerprint density at radius 3 is 2.59 bits per heavy atom. The number of unbranched alkanes of at least 4 members (excludes halogenated alkanes) is 1. The summed E-state index contributed by atoms with van der Waals surface area (Å²) in [7, 11) is 0. The monoisotopic (exact) mass is 414 g/mol. The standard InChI is InChI=1S/C22H27ClN4O2/c1-3-4-13-22(2)25-19(23)21(29)27(22)14-15-9-11-16(12-10-15)17-7-5-6-8-18(17)20(28)26-24/h5-12,25,29H,3-4,13-14,24H2,1-2H3,(H,26,28). The third-order valence-electron chi connectivity index (χ3n) is 5.35. The highest BCUT2D eigenvalue weighted by molar-refractivity contribution is 6.29. The number of hydrogen-bond acceptors (Lipinski definition) is 5. The largest absolute Gasteiger partial charge is 0.493 e. The first-order chi connectivity index (χ1) is 13.9. The molecule has 0 saturated carbocycles. The molecule has 1 atom stereocenters. The first kappa shape index (κ1) is 21.0. The zero-order valence-corrected chi connectivity index (χ0v) is 17.5. The van der Waals surface area contributed by atoms with Crippen LogP contribution in [-0.2, 0) is 6.54 Å². The van der Waals surface area contributed by atoms with Crippen molar-refractivity contribution in [2.24, 2.45) is 5.84 Å². The van der Waals surface area contributed by atoms with Gasteiger partial charge in [-0.25, -0.2) is 5.84 Å². The molecule has 0 bridgehead atoms. The van der Waals surface area contributed by atoms with Gasteiger partial charge in [0.25, 0.3) is 5.91 Å². The molecular weight excluding hydrogens is 388 g/mol. The number of hydrogen-bond donors (Lipinski definition) is 4. The number of hydrazine groups is 1. The summed E-state index contributed by atoms with van der Waals surface area (Å²) in [5, 5.41) is 14.0. The van der Waals surface area contributed by atoms with E-state index in [1.165, 1.54) is 0 Å². The maximum Gasteiger partial charge on any atom is 0.265 e. The molecule has 0 aliphatic carbocycles. The van der Waals surface area contributed by atoms with Crippen LogP contribution in [0.15, 0.2) is 59.6 Å². The topological polar surface area (TPSA) is 90.6 Å². The van der Waals surface area contributed by atoms with Crippen LogP contribution in [0, 0.1) is 0 Å². The maximum atomic E-state index is 12.0. The number of nitrogens with zero attached hydrogens (tertiary/aromatic N) is 1. The Kier molecular flexibility index (Phi) is 6.35. The molecular formula is C22H27ClN4O2. The molecule has 5 N–H and O–H groups in total. The van der Waals surface area contributed by atoms with Crippen LogP contribution in [0.2, 0.25) is 0 Å². The lowest BCUT2D eigenvalue weighted by molar-refractivity contribution is 0.0773. The summed E-state index contributed by atoms with van der Waals surface area (Å²) >= 11 is 6.18. The number of rotatable bonds is 7. The fourth-order valence-corrected chi connectivity index (χ4v) is 3.97. The van der Waals surface area contributed by atoms with Crippen molar-refractivity contribution in [1.29, 1.82) is 0 Å². The molecule has 154 valence electrons. The van der Waals surface area contributed by atoms with E-state index in [1.54, 1.807) is 12.1 Å². The molecule has 7 heteroatoms. The zero-order valence-electron chi connectivity index (χ0n) is 16.7. The highest BCUT2D eigenvalue weighted by Crippen LogP contribution is 2.34. The summed E-state index contributed by atoms with van der Waals surface area (Å²) < 4.78 is 0. The van der Waals surface area contributed by atoms with E-state index in [0.29, 0.717) is 12.1 Å². The summed E-state index contributed by atoms with van der Waals surface area (Å²) in [4.78, 5) is 13.9. The van der Waals surface area contributed by atoms with Crippen molar-refractivity contribution in [3.05, 3.63) is 70.7 Å². The predicted molar refractivity (Wildman–Crippen MR) is 116 cm³/mol. The molecule has 3 rings (SSSR count). The molecule has 1 aliphatic rings. The van der Waals surface area contributed by atoms with E-state index in [1.807, 2.05) is 48.2 Å². The van der Waals surface area contributed by atoms with Crippen molar-refractivity contribution in [3.63, 3.8) is 0 Å². The van der Waals surface area contributed by atoms with Crippen molar-refractivity contribution in [1.82, 2.24) is 15.6 Å². The van der Waals surface area contributed by atoms with Gasteiger partial charge < -0.3 is 15.3 Å². The number of carbonyl (C=O) groups is 1. The number of carbonyl (C=O) groups excluding carboxylic acids is 1. The Hall–Kier alpha value is -2.70. The predicted octanol–water partition coefficient (Wildman–Crippen LogP) is 4.19. The number of halogens is 1. The third kappa shape index (κ3) is 4.33. The van der Waals surface area contributed by atoms with E-state index in [0.717, 1.165) is 36.0 Å². The van der Waals surface area contributed by atoms with Crippen LogP contribution in [0.1, 0.15) is 49.0 Å². The molecule has 1 amide bonds. The first-order valence-corrected chi connectivity index (χ1v) is 10.1. The van der Waals surface area contributed by atoms with Gasteiger partial charge in [-0.1, -0.05) is 67.4 Å². The highest BCUT2D eigenvalue weighted by Gasteiger charge is 2.40. The second-order valence-corrected chi connectivity index (χ2v) is 7.82. The number of aliphatic hydroxyl groups is 1. The van der Waals surface area contributed by atoms with Gasteiger partial charge in [0.1, 0.15) is 5.66 Å². The summed E-state index contributed by atoms with van der Waals surface area (Å²) in [6.45, 7) is 4.70. The van der Waals surface area contributed by atoms with Crippen LogP contribution in [0.25, 0.3) is 11.1 Å². The molecule has 1 heterocycles. The lowest BCUT2D eigenvalue weighted by Gasteiger charge is -2.37. The first-order valence-electron chi connectivity index (χ1n) is 9.73.